The van der Waals surface area contributed by atoms with E-state index < -0.39 is 69.8 Å². The maximum absolute atomic E-state index is 13.7. The summed E-state index contributed by atoms with van der Waals surface area (Å²) in [4.78, 5) is 53.7. The van der Waals surface area contributed by atoms with Crippen LogP contribution in [0, 0.1) is 0 Å². The quantitative estimate of drug-likeness (QED) is 0.0704. The first kappa shape index (κ1) is 37.3. The summed E-state index contributed by atoms with van der Waals surface area (Å²) in [7, 11) is -2.23. The third kappa shape index (κ3) is 9.84. The van der Waals surface area contributed by atoms with Crippen molar-refractivity contribution < 1.29 is 56.4 Å². The summed E-state index contributed by atoms with van der Waals surface area (Å²) in [5.41, 5.74) is 0.832. The van der Waals surface area contributed by atoms with Crippen LogP contribution in [-0.2, 0) is 37.3 Å². The minimum Gasteiger partial charge on any atom is -0.459 e. The van der Waals surface area contributed by atoms with Gasteiger partial charge in [0.1, 0.15) is 12.7 Å². The van der Waals surface area contributed by atoms with Gasteiger partial charge in [-0.1, -0.05) is 72.8 Å². The molecule has 1 fully saturated rings. The summed E-state index contributed by atoms with van der Waals surface area (Å²) < 4.78 is 47.8. The lowest BCUT2D eigenvalue weighted by atomic mass is 10.0. The van der Waals surface area contributed by atoms with Crippen LogP contribution in [0.4, 0.5) is 0 Å². The van der Waals surface area contributed by atoms with Crippen molar-refractivity contribution in [3.63, 3.8) is 0 Å². The monoisotopic (exact) mass is 716 g/mol. The van der Waals surface area contributed by atoms with E-state index in [-0.39, 0.29) is 35.5 Å². The average Bonchev–Trinajstić information content (AvgIpc) is 3.44. The molecule has 51 heavy (non-hydrogen) atoms. The van der Waals surface area contributed by atoms with Crippen molar-refractivity contribution in [3.05, 3.63) is 144 Å². The van der Waals surface area contributed by atoms with Crippen LogP contribution >= 0.6 is 8.60 Å². The Balaban J connectivity index is 1.57. The van der Waals surface area contributed by atoms with E-state index in [9.17, 15) is 19.2 Å². The Morgan fingerprint density at radius 3 is 1.45 bits per heavy atom. The Kier molecular flexibility index (Phi) is 13.4. The second-order valence-electron chi connectivity index (χ2n) is 11.0. The minimum absolute atomic E-state index is 0.157. The van der Waals surface area contributed by atoms with Gasteiger partial charge in [-0.25, -0.2) is 19.2 Å². The lowest BCUT2D eigenvalue weighted by molar-refractivity contribution is -0.235. The third-order valence-corrected chi connectivity index (χ3v) is 8.84. The first-order valence-electron chi connectivity index (χ1n) is 16.2. The Labute approximate surface area is 296 Å². The van der Waals surface area contributed by atoms with Crippen LogP contribution in [0.25, 0.3) is 0 Å². The van der Waals surface area contributed by atoms with E-state index in [1.54, 1.807) is 123 Å². The summed E-state index contributed by atoms with van der Waals surface area (Å²) in [6.07, 6.45) is -4.40. The van der Waals surface area contributed by atoms with Crippen molar-refractivity contribution in [1.82, 2.24) is 0 Å². The van der Waals surface area contributed by atoms with E-state index in [1.165, 1.54) is 12.1 Å². The molecule has 12 nitrogen and oxygen atoms in total. The van der Waals surface area contributed by atoms with E-state index in [0.29, 0.717) is 0 Å². The highest BCUT2D eigenvalue weighted by atomic mass is 31.2. The predicted molar refractivity (Wildman–Crippen MR) is 184 cm³/mol. The molecule has 4 atom stereocenters. The molecule has 0 saturated carbocycles. The summed E-state index contributed by atoms with van der Waals surface area (Å²) >= 11 is 0. The Bertz CT molecular complexity index is 1720. The van der Waals surface area contributed by atoms with E-state index in [0.717, 1.165) is 0 Å². The molecule has 1 aliphatic heterocycles. The van der Waals surface area contributed by atoms with E-state index >= 15 is 0 Å². The molecule has 0 radical (unpaired) electrons. The zero-order valence-electron chi connectivity index (χ0n) is 28.0. The molecule has 0 aromatic heterocycles. The summed E-state index contributed by atoms with van der Waals surface area (Å²) in [6.45, 7) is 2.58. The number of hydrogen-bond acceptors (Lipinski definition) is 12. The number of carbonyl (C=O) groups excluding carboxylic acids is 4. The average molecular weight is 717 g/mol. The molecule has 0 spiro atoms. The van der Waals surface area contributed by atoms with E-state index in [1.807, 2.05) is 0 Å². The highest BCUT2D eigenvalue weighted by Crippen LogP contribution is 2.50. The van der Waals surface area contributed by atoms with Gasteiger partial charge >= 0.3 is 32.5 Å². The lowest BCUT2D eigenvalue weighted by Gasteiger charge is -2.35. The number of hydrogen-bond donors (Lipinski definition) is 0. The van der Waals surface area contributed by atoms with Crippen molar-refractivity contribution in [2.24, 2.45) is 0 Å². The first-order valence-corrected chi connectivity index (χ1v) is 17.3. The van der Waals surface area contributed by atoms with E-state index in [4.69, 9.17) is 37.3 Å². The summed E-state index contributed by atoms with van der Waals surface area (Å²) in [5.74, 6) is -5.25. The van der Waals surface area contributed by atoms with E-state index in [2.05, 4.69) is 0 Å². The van der Waals surface area contributed by atoms with Gasteiger partial charge in [0.25, 0.3) is 5.79 Å². The lowest BCUT2D eigenvalue weighted by Crippen LogP contribution is -2.52. The molecule has 4 aromatic carbocycles. The second kappa shape index (κ2) is 18.3. The molecule has 0 aliphatic carbocycles. The predicted octanol–water partition coefficient (Wildman–Crippen LogP) is 6.56. The van der Waals surface area contributed by atoms with Gasteiger partial charge in [0, 0.05) is 0 Å². The molecule has 1 aliphatic rings. The number of rotatable bonds is 16. The van der Waals surface area contributed by atoms with Crippen LogP contribution in [0.3, 0.4) is 0 Å². The standard InChI is InChI=1S/C38H37O12P/c1-3-45-51(46-4-2)50-38(26-44-35(40)28-19-11-6-12-20-28)33(48-37(42)30-23-15-8-16-24-30)32(47-36(41)29-21-13-7-14-22-29)31(49-38)25-43-34(39)27-17-9-5-10-18-27/h5-24,31-33H,3-4,25-26H2,1-2H3/t31-,32-,33+,38-/m1/s1. The highest BCUT2D eigenvalue weighted by molar-refractivity contribution is 7.41. The van der Waals surface area contributed by atoms with Gasteiger partial charge in [-0.15, -0.1) is 0 Å². The van der Waals surface area contributed by atoms with Gasteiger partial charge in [0.2, 0.25) is 0 Å². The van der Waals surface area contributed by atoms with Crippen LogP contribution in [-0.4, -0.2) is 74.4 Å². The number of carbonyl (C=O) groups is 4. The number of ether oxygens (including phenoxy) is 5. The Hall–Kier alpha value is -4.97. The van der Waals surface area contributed by atoms with Crippen LogP contribution in [0.5, 0.6) is 0 Å². The molecule has 5 rings (SSSR count). The molecule has 13 heteroatoms. The molecular weight excluding hydrogens is 679 g/mol. The second-order valence-corrected chi connectivity index (χ2v) is 12.1. The SMILES string of the molecule is CCOP(OCC)O[C@@]1(COC(=O)c2ccccc2)O[C@H](COC(=O)c2ccccc2)[C@@H](OC(=O)c2ccccc2)[C@@H]1OC(=O)c1ccccc1. The fraction of sp³-hybridized carbons (Fsp3) is 0.263. The van der Waals surface area contributed by atoms with Crippen LogP contribution in [0.1, 0.15) is 55.3 Å². The number of benzene rings is 4. The van der Waals surface area contributed by atoms with Gasteiger partial charge < -0.3 is 32.7 Å². The molecule has 266 valence electrons. The zero-order valence-corrected chi connectivity index (χ0v) is 28.8. The summed E-state index contributed by atoms with van der Waals surface area (Å²) in [5, 5.41) is 0. The van der Waals surface area contributed by atoms with Crippen LogP contribution in [0.2, 0.25) is 0 Å². The van der Waals surface area contributed by atoms with Gasteiger partial charge in [0.15, 0.2) is 18.8 Å². The van der Waals surface area contributed by atoms with Crippen molar-refractivity contribution in [3.8, 4) is 0 Å². The largest absolute Gasteiger partial charge is 0.459 e. The Morgan fingerprint density at radius 1 is 0.588 bits per heavy atom. The maximum Gasteiger partial charge on any atom is 0.338 e. The topological polar surface area (TPSA) is 142 Å². The molecule has 0 N–H and O–H groups in total. The van der Waals surface area contributed by atoms with Crippen molar-refractivity contribution in [1.29, 1.82) is 0 Å². The fourth-order valence-electron chi connectivity index (χ4n) is 5.06. The van der Waals surface area contributed by atoms with Gasteiger partial charge in [-0.05, 0) is 62.4 Å². The zero-order chi connectivity index (χ0) is 36.1. The van der Waals surface area contributed by atoms with Crippen molar-refractivity contribution >= 4 is 32.5 Å². The van der Waals surface area contributed by atoms with Crippen LogP contribution < -0.4 is 0 Å². The summed E-state index contributed by atoms with van der Waals surface area (Å²) in [6, 6.07) is 32.7. The highest BCUT2D eigenvalue weighted by Gasteiger charge is 2.63. The molecule has 0 amide bonds. The molecule has 1 saturated heterocycles. The number of esters is 4. The molecule has 4 aromatic rings. The van der Waals surface area contributed by atoms with Gasteiger partial charge in [-0.3, -0.25) is 4.52 Å². The maximum atomic E-state index is 13.7. The molecule has 1 heterocycles. The van der Waals surface area contributed by atoms with Crippen molar-refractivity contribution in [2.75, 3.05) is 26.4 Å². The van der Waals surface area contributed by atoms with Crippen molar-refractivity contribution in [2.45, 2.75) is 37.9 Å². The molecular formula is C38H37O12P. The molecule has 0 bridgehead atoms. The minimum atomic E-state index is -2.23. The normalized spacial score (nSPS) is 19.6. The molecule has 0 unspecified atom stereocenters. The first-order chi connectivity index (χ1) is 24.8. The smallest absolute Gasteiger partial charge is 0.338 e. The van der Waals surface area contributed by atoms with Crippen LogP contribution in [0.15, 0.2) is 121 Å². The fourth-order valence-corrected chi connectivity index (χ4v) is 6.12. The Morgan fingerprint density at radius 2 is 1.00 bits per heavy atom. The third-order valence-electron chi connectivity index (χ3n) is 7.45. The van der Waals surface area contributed by atoms with Gasteiger partial charge in [0.05, 0.1) is 35.5 Å². The van der Waals surface area contributed by atoms with Gasteiger partial charge in [-0.2, -0.15) is 0 Å².